The molecule has 1 aromatic carbocycles. The molecule has 2 aromatic heterocycles. The average molecular weight is 199 g/mol. The van der Waals surface area contributed by atoms with Crippen LogP contribution in [-0.2, 0) is 0 Å². The van der Waals surface area contributed by atoms with Gasteiger partial charge in [0.05, 0.1) is 11.9 Å². The standard InChI is InChI=1S/C11H9N3O/c15-10-4-2-1-3-8(10)9-7-14-11(13-9)5-6-12-14/h1-7,12,15H. The maximum atomic E-state index is 9.67. The van der Waals surface area contributed by atoms with Gasteiger partial charge in [0.15, 0.2) is 5.65 Å². The third kappa shape index (κ3) is 1.19. The second kappa shape index (κ2) is 2.88. The molecule has 0 fully saturated rings. The summed E-state index contributed by atoms with van der Waals surface area (Å²) in [5.74, 6) is 0.248. The first-order chi connectivity index (χ1) is 7.34. The monoisotopic (exact) mass is 199 g/mol. The van der Waals surface area contributed by atoms with Crippen molar-refractivity contribution in [1.82, 2.24) is 14.6 Å². The molecule has 4 heteroatoms. The van der Waals surface area contributed by atoms with Crippen LogP contribution < -0.4 is 0 Å². The van der Waals surface area contributed by atoms with Gasteiger partial charge < -0.3 is 10.2 Å². The Kier molecular flexibility index (Phi) is 1.56. The van der Waals surface area contributed by atoms with E-state index in [-0.39, 0.29) is 5.75 Å². The van der Waals surface area contributed by atoms with Crippen LogP contribution in [0.1, 0.15) is 0 Å². The van der Waals surface area contributed by atoms with Crippen LogP contribution in [0, 0.1) is 0 Å². The molecule has 0 spiro atoms. The summed E-state index contributed by atoms with van der Waals surface area (Å²) in [7, 11) is 0. The zero-order chi connectivity index (χ0) is 10.3. The van der Waals surface area contributed by atoms with E-state index in [1.165, 1.54) is 0 Å². The summed E-state index contributed by atoms with van der Waals surface area (Å²) >= 11 is 0. The highest BCUT2D eigenvalue weighted by atomic mass is 16.3. The van der Waals surface area contributed by atoms with Gasteiger partial charge in [0.2, 0.25) is 0 Å². The van der Waals surface area contributed by atoms with Crippen LogP contribution >= 0.6 is 0 Å². The van der Waals surface area contributed by atoms with Crippen LogP contribution in [0.15, 0.2) is 42.7 Å². The molecule has 2 heterocycles. The van der Waals surface area contributed by atoms with Gasteiger partial charge in [-0.05, 0) is 12.1 Å². The van der Waals surface area contributed by atoms with E-state index >= 15 is 0 Å². The summed E-state index contributed by atoms with van der Waals surface area (Å²) in [4.78, 5) is 4.38. The first kappa shape index (κ1) is 8.11. The van der Waals surface area contributed by atoms with Crippen molar-refractivity contribution >= 4 is 5.65 Å². The van der Waals surface area contributed by atoms with Crippen molar-refractivity contribution in [3.63, 3.8) is 0 Å². The molecule has 4 nitrogen and oxygen atoms in total. The minimum Gasteiger partial charge on any atom is -0.507 e. The number of hydrogen-bond donors (Lipinski definition) is 2. The molecule has 0 atom stereocenters. The fourth-order valence-electron chi connectivity index (χ4n) is 1.63. The fourth-order valence-corrected chi connectivity index (χ4v) is 1.63. The SMILES string of the molecule is Oc1ccccc1-c1cn2[nH]ccc2n1. The average Bonchev–Trinajstić information content (AvgIpc) is 2.77. The van der Waals surface area contributed by atoms with Gasteiger partial charge in [0.1, 0.15) is 5.75 Å². The summed E-state index contributed by atoms with van der Waals surface area (Å²) in [5.41, 5.74) is 2.35. The lowest BCUT2D eigenvalue weighted by atomic mass is 10.1. The van der Waals surface area contributed by atoms with Crippen molar-refractivity contribution in [3.05, 3.63) is 42.7 Å². The van der Waals surface area contributed by atoms with Gasteiger partial charge in [-0.15, -0.1) is 0 Å². The number of nitrogens with zero attached hydrogens (tertiary/aromatic N) is 2. The number of aromatic nitrogens is 3. The van der Waals surface area contributed by atoms with Crippen LogP contribution in [0.4, 0.5) is 0 Å². The minimum absolute atomic E-state index is 0.248. The molecule has 15 heavy (non-hydrogen) atoms. The number of imidazole rings is 1. The molecular formula is C11H9N3O. The largest absolute Gasteiger partial charge is 0.507 e. The fraction of sp³-hybridized carbons (Fsp3) is 0. The lowest BCUT2D eigenvalue weighted by Gasteiger charge is -1.98. The van der Waals surface area contributed by atoms with Crippen LogP contribution in [0.3, 0.4) is 0 Å². The molecule has 0 aliphatic carbocycles. The number of para-hydroxylation sites is 1. The van der Waals surface area contributed by atoms with E-state index in [9.17, 15) is 5.11 Å². The van der Waals surface area contributed by atoms with Crippen molar-refractivity contribution < 1.29 is 5.11 Å². The Morgan fingerprint density at radius 3 is 2.87 bits per heavy atom. The first-order valence-electron chi connectivity index (χ1n) is 4.65. The van der Waals surface area contributed by atoms with Crippen LogP contribution in [0.5, 0.6) is 5.75 Å². The predicted molar refractivity (Wildman–Crippen MR) is 56.6 cm³/mol. The second-order valence-electron chi connectivity index (χ2n) is 3.33. The Morgan fingerprint density at radius 1 is 1.20 bits per heavy atom. The normalized spacial score (nSPS) is 10.9. The van der Waals surface area contributed by atoms with Crippen molar-refractivity contribution in [2.24, 2.45) is 0 Å². The number of benzene rings is 1. The van der Waals surface area contributed by atoms with Crippen molar-refractivity contribution in [3.8, 4) is 17.0 Å². The van der Waals surface area contributed by atoms with E-state index in [1.54, 1.807) is 12.1 Å². The molecule has 0 unspecified atom stereocenters. The van der Waals surface area contributed by atoms with Gasteiger partial charge in [-0.1, -0.05) is 12.1 Å². The number of phenolic OH excluding ortho intramolecular Hbond substituents is 1. The molecule has 0 saturated heterocycles. The Bertz CT molecular complexity index is 580. The lowest BCUT2D eigenvalue weighted by molar-refractivity contribution is 0.477. The van der Waals surface area contributed by atoms with E-state index in [0.29, 0.717) is 0 Å². The van der Waals surface area contributed by atoms with Gasteiger partial charge in [0, 0.05) is 17.8 Å². The maximum absolute atomic E-state index is 9.67. The summed E-state index contributed by atoms with van der Waals surface area (Å²) in [6.07, 6.45) is 3.67. The Hall–Kier alpha value is -2.23. The highest BCUT2D eigenvalue weighted by Crippen LogP contribution is 2.27. The van der Waals surface area contributed by atoms with E-state index in [0.717, 1.165) is 16.9 Å². The van der Waals surface area contributed by atoms with Gasteiger partial charge in [0.25, 0.3) is 0 Å². The molecular weight excluding hydrogens is 190 g/mol. The zero-order valence-corrected chi connectivity index (χ0v) is 7.88. The molecule has 0 radical (unpaired) electrons. The zero-order valence-electron chi connectivity index (χ0n) is 7.88. The smallest absolute Gasteiger partial charge is 0.153 e. The molecule has 0 bridgehead atoms. The summed E-state index contributed by atoms with van der Waals surface area (Å²) < 4.78 is 1.81. The van der Waals surface area contributed by atoms with E-state index in [1.807, 2.05) is 35.1 Å². The van der Waals surface area contributed by atoms with Gasteiger partial charge in [-0.3, -0.25) is 0 Å². The molecule has 3 rings (SSSR count). The molecule has 0 aliphatic heterocycles. The number of phenols is 1. The number of fused-ring (bicyclic) bond motifs is 1. The molecule has 3 aromatic rings. The minimum atomic E-state index is 0.248. The number of aromatic hydroxyl groups is 1. The van der Waals surface area contributed by atoms with E-state index in [2.05, 4.69) is 10.1 Å². The van der Waals surface area contributed by atoms with Crippen LogP contribution in [0.2, 0.25) is 0 Å². The van der Waals surface area contributed by atoms with Crippen molar-refractivity contribution in [2.45, 2.75) is 0 Å². The highest BCUT2D eigenvalue weighted by molar-refractivity contribution is 5.68. The summed E-state index contributed by atoms with van der Waals surface area (Å²) in [6.45, 7) is 0. The summed E-state index contributed by atoms with van der Waals surface area (Å²) in [6, 6.07) is 9.05. The van der Waals surface area contributed by atoms with Gasteiger partial charge >= 0.3 is 0 Å². The predicted octanol–water partition coefficient (Wildman–Crippen LogP) is 2.03. The second-order valence-corrected chi connectivity index (χ2v) is 3.33. The number of hydrogen-bond acceptors (Lipinski definition) is 2. The molecule has 0 saturated carbocycles. The Labute approximate surface area is 85.8 Å². The Balaban J connectivity index is 2.22. The molecule has 74 valence electrons. The first-order valence-corrected chi connectivity index (χ1v) is 4.65. The van der Waals surface area contributed by atoms with Crippen LogP contribution in [-0.4, -0.2) is 19.7 Å². The van der Waals surface area contributed by atoms with Crippen LogP contribution in [0.25, 0.3) is 16.9 Å². The molecule has 2 N–H and O–H groups in total. The van der Waals surface area contributed by atoms with Crippen molar-refractivity contribution in [1.29, 1.82) is 0 Å². The van der Waals surface area contributed by atoms with E-state index < -0.39 is 0 Å². The third-order valence-corrected chi connectivity index (χ3v) is 2.36. The third-order valence-electron chi connectivity index (χ3n) is 2.36. The van der Waals surface area contributed by atoms with Gasteiger partial charge in [-0.2, -0.15) is 0 Å². The molecule has 0 aliphatic rings. The molecule has 0 amide bonds. The number of H-pyrrole nitrogens is 1. The van der Waals surface area contributed by atoms with Crippen molar-refractivity contribution in [2.75, 3.05) is 0 Å². The number of aromatic amines is 1. The highest BCUT2D eigenvalue weighted by Gasteiger charge is 2.07. The quantitative estimate of drug-likeness (QED) is 0.630. The maximum Gasteiger partial charge on any atom is 0.153 e. The summed E-state index contributed by atoms with van der Waals surface area (Å²) in [5, 5.41) is 12.7. The van der Waals surface area contributed by atoms with E-state index in [4.69, 9.17) is 0 Å². The number of rotatable bonds is 1. The lowest BCUT2D eigenvalue weighted by Crippen LogP contribution is -1.78. The Morgan fingerprint density at radius 2 is 2.07 bits per heavy atom. The topological polar surface area (TPSA) is 53.3 Å². The van der Waals surface area contributed by atoms with Gasteiger partial charge in [-0.25, -0.2) is 9.50 Å². The number of nitrogens with one attached hydrogen (secondary N) is 1.